The lowest BCUT2D eigenvalue weighted by Gasteiger charge is -2.08. The monoisotopic (exact) mass is 428 g/mol. The molecule has 0 aliphatic rings. The number of nitrogens with zero attached hydrogens (tertiary/aromatic N) is 2. The summed E-state index contributed by atoms with van der Waals surface area (Å²) in [5.41, 5.74) is 2.97. The molecule has 0 fully saturated rings. The number of aryl methyl sites for hydroxylation is 2. The predicted molar refractivity (Wildman–Crippen MR) is 115 cm³/mol. The van der Waals surface area contributed by atoms with Crippen LogP contribution < -0.4 is 14.3 Å². The molecule has 1 heterocycles. The maximum Gasteiger partial charge on any atom is 0.326 e. The summed E-state index contributed by atoms with van der Waals surface area (Å²) >= 11 is 1.36. The number of carbonyl (C=O) groups excluding carboxylic acids is 2. The van der Waals surface area contributed by atoms with Crippen LogP contribution in [0.4, 0.5) is 0 Å². The Hall–Kier alpha value is -3.13. The van der Waals surface area contributed by atoms with Gasteiger partial charge in [0.2, 0.25) is 0 Å². The van der Waals surface area contributed by atoms with Crippen molar-refractivity contribution in [3.05, 3.63) is 52.3 Å². The Kier molecular flexibility index (Phi) is 6.89. The van der Waals surface area contributed by atoms with Crippen molar-refractivity contribution in [3.8, 4) is 11.5 Å². The topological polar surface area (TPSA) is 79.1 Å². The highest BCUT2D eigenvalue weighted by Gasteiger charge is 2.14. The zero-order valence-electron chi connectivity index (χ0n) is 17.4. The lowest BCUT2D eigenvalue weighted by Crippen LogP contribution is -2.24. The Bertz CT molecular complexity index is 1150. The fourth-order valence-corrected chi connectivity index (χ4v) is 4.20. The highest BCUT2D eigenvalue weighted by molar-refractivity contribution is 7.16. The van der Waals surface area contributed by atoms with Gasteiger partial charge in [-0.1, -0.05) is 29.5 Å². The van der Waals surface area contributed by atoms with Crippen LogP contribution in [0.5, 0.6) is 11.5 Å². The van der Waals surface area contributed by atoms with E-state index in [0.717, 1.165) is 21.3 Å². The minimum Gasteiger partial charge on any atom is -0.493 e. The highest BCUT2D eigenvalue weighted by atomic mass is 32.1. The average Bonchev–Trinajstić information content (AvgIpc) is 3.04. The van der Waals surface area contributed by atoms with Crippen LogP contribution in [0, 0.1) is 13.8 Å². The van der Waals surface area contributed by atoms with Gasteiger partial charge in [-0.2, -0.15) is 4.99 Å². The summed E-state index contributed by atoms with van der Waals surface area (Å²) in [5, 5.41) is 0. The summed E-state index contributed by atoms with van der Waals surface area (Å²) < 4.78 is 18.6. The number of hydrogen-bond donors (Lipinski definition) is 0. The average molecular weight is 429 g/mol. The molecule has 158 valence electrons. The van der Waals surface area contributed by atoms with Gasteiger partial charge in [0.05, 0.1) is 23.9 Å². The molecule has 1 amide bonds. The zero-order chi connectivity index (χ0) is 21.7. The summed E-state index contributed by atoms with van der Waals surface area (Å²) in [6.07, 6.45) is 0. The van der Waals surface area contributed by atoms with E-state index < -0.39 is 5.91 Å². The molecule has 0 bridgehead atoms. The lowest BCUT2D eigenvalue weighted by molar-refractivity contribution is -0.143. The van der Waals surface area contributed by atoms with Gasteiger partial charge in [0.1, 0.15) is 6.54 Å². The van der Waals surface area contributed by atoms with Crippen molar-refractivity contribution in [3.63, 3.8) is 0 Å². The molecule has 1 aromatic heterocycles. The molecule has 0 spiro atoms. The van der Waals surface area contributed by atoms with Gasteiger partial charge >= 0.3 is 5.97 Å². The first-order valence-corrected chi connectivity index (χ1v) is 10.3. The molecule has 2 aromatic carbocycles. The molecule has 0 N–H and O–H groups in total. The van der Waals surface area contributed by atoms with E-state index in [1.54, 1.807) is 29.7 Å². The predicted octanol–water partition coefficient (Wildman–Crippen LogP) is 3.40. The molecule has 3 aromatic rings. The van der Waals surface area contributed by atoms with E-state index in [9.17, 15) is 9.59 Å². The molecular formula is C22H24N2O5S. The Balaban J connectivity index is 1.94. The standard InChI is InChI=1S/C22H24N2O5S/c1-5-28-20(26)12-24-16-11-14(2)10-15(3)21(16)30-22(24)23-19(25)13-29-18-9-7-6-8-17(18)27-4/h6-11H,5,12-13H2,1-4H3. The number of thiazole rings is 1. The van der Waals surface area contributed by atoms with Gasteiger partial charge < -0.3 is 18.8 Å². The van der Waals surface area contributed by atoms with Crippen LogP contribution in [0.15, 0.2) is 41.4 Å². The number of methoxy groups -OCH3 is 1. The SMILES string of the molecule is CCOC(=O)Cn1c(=NC(=O)COc2ccccc2OC)sc2c(C)cc(C)cc21. The van der Waals surface area contributed by atoms with Crippen molar-refractivity contribution in [1.82, 2.24) is 4.57 Å². The number of ether oxygens (including phenoxy) is 3. The number of para-hydroxylation sites is 2. The van der Waals surface area contributed by atoms with E-state index in [-0.39, 0.29) is 25.7 Å². The maximum absolute atomic E-state index is 12.5. The van der Waals surface area contributed by atoms with Crippen molar-refractivity contribution >= 4 is 33.4 Å². The van der Waals surface area contributed by atoms with E-state index in [2.05, 4.69) is 11.1 Å². The minimum atomic E-state index is -0.459. The van der Waals surface area contributed by atoms with Gasteiger partial charge in [0.25, 0.3) is 5.91 Å². The maximum atomic E-state index is 12.5. The zero-order valence-corrected chi connectivity index (χ0v) is 18.2. The van der Waals surface area contributed by atoms with Crippen molar-refractivity contribution in [2.24, 2.45) is 4.99 Å². The third-order valence-electron chi connectivity index (χ3n) is 4.35. The van der Waals surface area contributed by atoms with E-state index in [4.69, 9.17) is 14.2 Å². The summed E-state index contributed by atoms with van der Waals surface area (Å²) in [5.74, 6) is 0.163. The van der Waals surface area contributed by atoms with Gasteiger partial charge in [-0.15, -0.1) is 0 Å². The number of aromatic nitrogens is 1. The van der Waals surface area contributed by atoms with Crippen molar-refractivity contribution in [2.75, 3.05) is 20.3 Å². The smallest absolute Gasteiger partial charge is 0.326 e. The van der Waals surface area contributed by atoms with Gasteiger partial charge in [-0.25, -0.2) is 0 Å². The van der Waals surface area contributed by atoms with Crippen LogP contribution in [0.2, 0.25) is 0 Å². The molecule has 3 rings (SSSR count). The molecule has 0 unspecified atom stereocenters. The third-order valence-corrected chi connectivity index (χ3v) is 5.58. The van der Waals surface area contributed by atoms with Gasteiger partial charge in [0, 0.05) is 0 Å². The summed E-state index contributed by atoms with van der Waals surface area (Å²) in [7, 11) is 1.54. The second-order valence-corrected chi connectivity index (χ2v) is 7.63. The normalized spacial score (nSPS) is 11.5. The Labute approximate surface area is 178 Å². The fraction of sp³-hybridized carbons (Fsp3) is 0.318. The van der Waals surface area contributed by atoms with Gasteiger partial charge in [-0.3, -0.25) is 9.59 Å². The molecule has 0 atom stereocenters. The van der Waals surface area contributed by atoms with Crippen molar-refractivity contribution < 1.29 is 23.8 Å². The van der Waals surface area contributed by atoms with E-state index in [1.807, 2.05) is 26.0 Å². The molecule has 0 aliphatic heterocycles. The number of rotatable bonds is 7. The number of esters is 1. The first kappa shape index (κ1) is 21.6. The van der Waals surface area contributed by atoms with Crippen molar-refractivity contribution in [2.45, 2.75) is 27.3 Å². The third kappa shape index (κ3) is 4.88. The Morgan fingerprint density at radius 1 is 1.13 bits per heavy atom. The second-order valence-electron chi connectivity index (χ2n) is 6.65. The quantitative estimate of drug-likeness (QED) is 0.539. The number of fused-ring (bicyclic) bond motifs is 1. The summed E-state index contributed by atoms with van der Waals surface area (Å²) in [6.45, 7) is 5.77. The molecule has 0 radical (unpaired) electrons. The Morgan fingerprint density at radius 2 is 1.87 bits per heavy atom. The summed E-state index contributed by atoms with van der Waals surface area (Å²) in [6, 6.07) is 11.1. The van der Waals surface area contributed by atoms with Gasteiger partial charge in [-0.05, 0) is 50.1 Å². The minimum absolute atomic E-state index is 0.0176. The van der Waals surface area contributed by atoms with Crippen LogP contribution in [0.3, 0.4) is 0 Å². The van der Waals surface area contributed by atoms with Crippen molar-refractivity contribution in [1.29, 1.82) is 0 Å². The van der Waals surface area contributed by atoms with Crippen LogP contribution in [0.1, 0.15) is 18.1 Å². The van der Waals surface area contributed by atoms with Crippen LogP contribution in [-0.2, 0) is 20.9 Å². The van der Waals surface area contributed by atoms with Crippen LogP contribution >= 0.6 is 11.3 Å². The second kappa shape index (κ2) is 9.58. The first-order valence-electron chi connectivity index (χ1n) is 9.52. The molecule has 7 nitrogen and oxygen atoms in total. The number of benzene rings is 2. The van der Waals surface area contributed by atoms with Crippen LogP contribution in [-0.4, -0.2) is 36.8 Å². The molecular weight excluding hydrogens is 404 g/mol. The summed E-state index contributed by atoms with van der Waals surface area (Å²) in [4.78, 5) is 29.3. The number of amides is 1. The van der Waals surface area contributed by atoms with Gasteiger partial charge in [0.15, 0.2) is 22.9 Å². The Morgan fingerprint density at radius 3 is 2.57 bits per heavy atom. The molecule has 0 saturated carbocycles. The highest BCUT2D eigenvalue weighted by Crippen LogP contribution is 2.26. The molecule has 0 saturated heterocycles. The molecule has 0 aliphatic carbocycles. The number of carbonyl (C=O) groups is 2. The van der Waals surface area contributed by atoms with E-state index in [1.165, 1.54) is 18.4 Å². The largest absolute Gasteiger partial charge is 0.493 e. The molecule has 8 heteroatoms. The lowest BCUT2D eigenvalue weighted by atomic mass is 10.1. The van der Waals surface area contributed by atoms with E-state index >= 15 is 0 Å². The number of hydrogen-bond acceptors (Lipinski definition) is 6. The first-order chi connectivity index (χ1) is 14.4. The molecule has 30 heavy (non-hydrogen) atoms. The van der Waals surface area contributed by atoms with E-state index in [0.29, 0.717) is 16.3 Å². The van der Waals surface area contributed by atoms with Crippen LogP contribution in [0.25, 0.3) is 10.2 Å². The fourth-order valence-electron chi connectivity index (χ4n) is 3.10.